The fourth-order valence-electron chi connectivity index (χ4n) is 1.47. The Morgan fingerprint density at radius 1 is 1.32 bits per heavy atom. The van der Waals surface area contributed by atoms with E-state index in [0.717, 1.165) is 19.2 Å². The lowest BCUT2D eigenvalue weighted by Crippen LogP contribution is -2.07. The maximum Gasteiger partial charge on any atom is 0.224 e. The zero-order valence-electron chi connectivity index (χ0n) is 10.5. The van der Waals surface area contributed by atoms with Crippen LogP contribution in [0.25, 0.3) is 0 Å². The Morgan fingerprint density at radius 2 is 2.11 bits per heavy atom. The van der Waals surface area contributed by atoms with E-state index in [1.165, 1.54) is 0 Å². The van der Waals surface area contributed by atoms with E-state index >= 15 is 0 Å². The molecule has 0 amide bonds. The maximum atomic E-state index is 13.7. The van der Waals surface area contributed by atoms with Crippen LogP contribution in [-0.4, -0.2) is 16.5 Å². The van der Waals surface area contributed by atoms with Crippen molar-refractivity contribution in [1.29, 1.82) is 0 Å². The molecule has 2 N–H and O–H groups in total. The van der Waals surface area contributed by atoms with Gasteiger partial charge in [-0.1, -0.05) is 30.7 Å². The molecule has 0 bridgehead atoms. The largest absolute Gasteiger partial charge is 0.354 e. The van der Waals surface area contributed by atoms with Crippen LogP contribution in [-0.2, 0) is 0 Å². The average molecular weight is 281 g/mol. The lowest BCUT2D eigenvalue weighted by Gasteiger charge is -2.10. The predicted octanol–water partition coefficient (Wildman–Crippen LogP) is 3.83. The van der Waals surface area contributed by atoms with Crippen molar-refractivity contribution in [3.63, 3.8) is 0 Å². The molecule has 0 fully saturated rings. The molecule has 4 nitrogen and oxygen atoms in total. The molecule has 0 aliphatic rings. The fourth-order valence-corrected chi connectivity index (χ4v) is 1.65. The molecule has 0 aliphatic heterocycles. The minimum Gasteiger partial charge on any atom is -0.354 e. The van der Waals surface area contributed by atoms with Crippen LogP contribution in [0.3, 0.4) is 0 Å². The molecule has 0 aliphatic carbocycles. The number of para-hydroxylation sites is 1. The van der Waals surface area contributed by atoms with Gasteiger partial charge in [0.15, 0.2) is 11.6 Å². The van der Waals surface area contributed by atoms with Crippen molar-refractivity contribution in [2.24, 2.45) is 0 Å². The maximum absolute atomic E-state index is 13.7. The van der Waals surface area contributed by atoms with Crippen LogP contribution in [0.4, 0.5) is 21.8 Å². The summed E-state index contributed by atoms with van der Waals surface area (Å²) in [6.07, 6.45) is 2.07. The quantitative estimate of drug-likeness (QED) is 0.874. The highest BCUT2D eigenvalue weighted by Crippen LogP contribution is 2.25. The summed E-state index contributed by atoms with van der Waals surface area (Å²) in [5.74, 6) is -0.0403. The number of benzene rings is 1. The fraction of sp³-hybridized carbons (Fsp3) is 0.231. The first-order valence-electron chi connectivity index (χ1n) is 5.98. The third-order valence-electron chi connectivity index (χ3n) is 2.40. The minimum atomic E-state index is -0.526. The highest BCUT2D eigenvalue weighted by molar-refractivity contribution is 6.33. The molecule has 100 valence electrons. The summed E-state index contributed by atoms with van der Waals surface area (Å²) in [5, 5.41) is 6.36. The van der Waals surface area contributed by atoms with Gasteiger partial charge in [0.1, 0.15) is 0 Å². The number of hydrogen-bond acceptors (Lipinski definition) is 4. The molecule has 0 spiro atoms. The first kappa shape index (κ1) is 13.5. The summed E-state index contributed by atoms with van der Waals surface area (Å²) in [4.78, 5) is 7.95. The van der Waals surface area contributed by atoms with Gasteiger partial charge in [-0.25, -0.2) is 9.37 Å². The molecule has 1 aromatic heterocycles. The Balaban J connectivity index is 2.21. The van der Waals surface area contributed by atoms with Crippen molar-refractivity contribution in [3.05, 3.63) is 41.3 Å². The van der Waals surface area contributed by atoms with Crippen LogP contribution < -0.4 is 10.6 Å². The Bertz CT molecular complexity index is 562. The predicted molar refractivity (Wildman–Crippen MR) is 75.5 cm³/mol. The average Bonchev–Trinajstić information content (AvgIpc) is 2.42. The molecule has 2 rings (SSSR count). The van der Waals surface area contributed by atoms with Gasteiger partial charge in [0, 0.05) is 6.54 Å². The highest BCUT2D eigenvalue weighted by Gasteiger charge is 2.08. The molecule has 19 heavy (non-hydrogen) atoms. The molecule has 0 unspecified atom stereocenters. The lowest BCUT2D eigenvalue weighted by molar-refractivity contribution is 0.619. The van der Waals surface area contributed by atoms with E-state index in [0.29, 0.717) is 16.7 Å². The third kappa shape index (κ3) is 3.54. The SMILES string of the molecule is CCCNc1ncc(F)c(Nc2ccccc2Cl)n1. The number of anilines is 3. The Kier molecular flexibility index (Phi) is 4.52. The van der Waals surface area contributed by atoms with E-state index in [9.17, 15) is 4.39 Å². The number of nitrogens with zero attached hydrogens (tertiary/aromatic N) is 2. The molecule has 6 heteroatoms. The van der Waals surface area contributed by atoms with Gasteiger partial charge < -0.3 is 10.6 Å². The second-order valence-electron chi connectivity index (χ2n) is 3.92. The van der Waals surface area contributed by atoms with Gasteiger partial charge in [-0.15, -0.1) is 0 Å². The molecular weight excluding hydrogens is 267 g/mol. The number of nitrogens with one attached hydrogen (secondary N) is 2. The van der Waals surface area contributed by atoms with Gasteiger partial charge in [-0.05, 0) is 18.6 Å². The first-order valence-corrected chi connectivity index (χ1v) is 6.36. The van der Waals surface area contributed by atoms with Gasteiger partial charge >= 0.3 is 0 Å². The minimum absolute atomic E-state index is 0.0988. The van der Waals surface area contributed by atoms with Crippen molar-refractivity contribution < 1.29 is 4.39 Å². The van der Waals surface area contributed by atoms with Gasteiger partial charge in [-0.2, -0.15) is 4.98 Å². The van der Waals surface area contributed by atoms with E-state index in [-0.39, 0.29) is 5.82 Å². The molecule has 0 saturated heterocycles. The van der Waals surface area contributed by atoms with E-state index in [1.54, 1.807) is 18.2 Å². The molecule has 2 aromatic rings. The Labute approximate surface area is 116 Å². The third-order valence-corrected chi connectivity index (χ3v) is 2.73. The molecule has 0 atom stereocenters. The number of aromatic nitrogens is 2. The van der Waals surface area contributed by atoms with Crippen molar-refractivity contribution >= 4 is 29.1 Å². The Morgan fingerprint density at radius 3 is 2.84 bits per heavy atom. The van der Waals surface area contributed by atoms with Crippen molar-refractivity contribution in [2.75, 3.05) is 17.2 Å². The van der Waals surface area contributed by atoms with Crippen molar-refractivity contribution in [3.8, 4) is 0 Å². The summed E-state index contributed by atoms with van der Waals surface area (Å²) in [5.41, 5.74) is 0.600. The smallest absolute Gasteiger partial charge is 0.224 e. The normalized spacial score (nSPS) is 10.3. The zero-order valence-corrected chi connectivity index (χ0v) is 11.2. The standard InChI is InChI=1S/C13H14ClFN4/c1-2-7-16-13-17-8-10(15)12(19-13)18-11-6-4-3-5-9(11)14/h3-6,8H,2,7H2,1H3,(H2,16,17,18,19). The van der Waals surface area contributed by atoms with E-state index in [2.05, 4.69) is 20.6 Å². The van der Waals surface area contributed by atoms with Crippen LogP contribution >= 0.6 is 11.6 Å². The van der Waals surface area contributed by atoms with Crippen LogP contribution in [0.15, 0.2) is 30.5 Å². The van der Waals surface area contributed by atoms with Crippen LogP contribution in [0.2, 0.25) is 5.02 Å². The number of rotatable bonds is 5. The van der Waals surface area contributed by atoms with E-state index in [1.807, 2.05) is 13.0 Å². The Hall–Kier alpha value is -1.88. The molecule has 1 aromatic carbocycles. The monoisotopic (exact) mass is 280 g/mol. The number of halogens is 2. The molecule has 1 heterocycles. The summed E-state index contributed by atoms with van der Waals surface area (Å²) in [7, 11) is 0. The summed E-state index contributed by atoms with van der Waals surface area (Å²) < 4.78 is 13.7. The van der Waals surface area contributed by atoms with E-state index in [4.69, 9.17) is 11.6 Å². The summed E-state index contributed by atoms with van der Waals surface area (Å²) >= 11 is 6.01. The topological polar surface area (TPSA) is 49.8 Å². The molecule has 0 saturated carbocycles. The second kappa shape index (κ2) is 6.33. The van der Waals surface area contributed by atoms with Gasteiger partial charge in [0.25, 0.3) is 0 Å². The highest BCUT2D eigenvalue weighted by atomic mass is 35.5. The van der Waals surface area contributed by atoms with Crippen molar-refractivity contribution in [2.45, 2.75) is 13.3 Å². The summed E-state index contributed by atoms with van der Waals surface area (Å²) in [6.45, 7) is 2.76. The number of hydrogen-bond donors (Lipinski definition) is 2. The zero-order chi connectivity index (χ0) is 13.7. The van der Waals surface area contributed by atoms with Crippen LogP contribution in [0.1, 0.15) is 13.3 Å². The summed E-state index contributed by atoms with van der Waals surface area (Å²) in [6, 6.07) is 7.09. The van der Waals surface area contributed by atoms with Crippen LogP contribution in [0, 0.1) is 5.82 Å². The second-order valence-corrected chi connectivity index (χ2v) is 4.33. The van der Waals surface area contributed by atoms with Gasteiger partial charge in [-0.3, -0.25) is 0 Å². The van der Waals surface area contributed by atoms with Crippen LogP contribution in [0.5, 0.6) is 0 Å². The first-order chi connectivity index (χ1) is 9.20. The molecule has 0 radical (unpaired) electrons. The molecular formula is C13H14ClFN4. The van der Waals surface area contributed by atoms with E-state index < -0.39 is 5.82 Å². The lowest BCUT2D eigenvalue weighted by atomic mass is 10.3. The van der Waals surface area contributed by atoms with Crippen molar-refractivity contribution in [1.82, 2.24) is 9.97 Å². The van der Waals surface area contributed by atoms with Gasteiger partial charge in [0.05, 0.1) is 16.9 Å². The van der Waals surface area contributed by atoms with Gasteiger partial charge in [0.2, 0.25) is 5.95 Å².